The number of carbonyl (C=O) groups excluding carboxylic acids is 7. The third kappa shape index (κ3) is 36.2. The molecule has 13 aliphatic rings. The van der Waals surface area contributed by atoms with Crippen LogP contribution in [0.1, 0.15) is 136 Å². The Bertz CT molecular complexity index is 5450. The van der Waals surface area contributed by atoms with E-state index in [4.69, 9.17) is 131 Å². The number of carbonyl (C=O) groups is 7. The number of amides is 3. The van der Waals surface area contributed by atoms with Crippen LogP contribution >= 0.6 is 182 Å². The zero-order valence-corrected chi connectivity index (χ0v) is 90.2. The molecule has 144 heavy (non-hydrogen) atoms. The van der Waals surface area contributed by atoms with Crippen LogP contribution in [0.2, 0.25) is 20.1 Å². The number of hydrogen-bond acceptors (Lipinski definition) is 24. The number of benzene rings is 6. The fraction of sp³-hybridized carbons (Fsp3) is 0.459. The number of ether oxygens (including phenoxy) is 9. The molecule has 5 N–H and O–H groups in total. The smallest absolute Gasteiger partial charge is 0.414 e. The van der Waals surface area contributed by atoms with Gasteiger partial charge in [-0.1, -0.05) is 131 Å². The van der Waals surface area contributed by atoms with Gasteiger partial charge in [-0.15, -0.1) is 23.5 Å². The molecular formula is C98H115Cl9F4N8O19S6. The van der Waals surface area contributed by atoms with E-state index in [1.54, 1.807) is 66.1 Å². The van der Waals surface area contributed by atoms with Crippen molar-refractivity contribution in [2.45, 2.75) is 155 Å². The third-order valence-corrected chi connectivity index (χ3v) is 29.6. The van der Waals surface area contributed by atoms with Crippen molar-refractivity contribution in [3.63, 3.8) is 0 Å². The molecule has 6 bridgehead atoms. The molecule has 46 heteroatoms. The summed E-state index contributed by atoms with van der Waals surface area (Å²) in [5, 5.41) is 8.73. The predicted molar refractivity (Wildman–Crippen MR) is 566 cm³/mol. The molecule has 11 aliphatic heterocycles. The molecule has 7 atom stereocenters. The van der Waals surface area contributed by atoms with Crippen molar-refractivity contribution < 1.29 is 120 Å². The molecule has 2 saturated carbocycles. The number of halogens is 13. The standard InChI is InChI=1S/C44H44Cl2F2N4O7S.C37H34Cl2F2N2O5S.C8H12ClNO2.C7H13NO.C2Cl4O2.2H2O.4H2S/c45-34-22-49-23-35(46)33(34)21-37(30-11-12-36(58-43(47)48)38(20-30)56-26-27-9-10-27)57-42(54)41-51(17-18-60-41)40(53)31-6-4-5-28(19-31)24-52(32-7-2-1-3-8-32)44(55)59-39-25-50-15-13-29(39)14-16-50;38-29-20-42-21-30(39)28(29)19-32(26-13-14-31(48-37(40)41)33(18-26)46-22-25-11-12-25)47-36(45)35-43(15-16-49-35)34(44)27-8-4-7-24(17-27)10-9-23-5-2-1-3-6-23;9-8(11)12-7-5-10-3-1-6(7)2-4-10;9-7-5-8-3-1-6(7)2-4-8;3-1(7)8-2(4,5)6;;;;;;/h1-8,11-12,19-20,22-23,27,29,37,39,41,43H,9-10,13-18,21,24-26H2;1-8,13-14,17-18,20-21,25,32,35,37H,9-12,15-16,19,22H2;6-7H,1-5H2;6-7,9H,1-5H2;;6*1H2/t37-,39-,41-;32-,35-;2*7-;;;;;;;/m0000......./s1. The lowest BCUT2D eigenvalue weighted by molar-refractivity contribution is -0.378. The maximum atomic E-state index is 14.2. The maximum absolute atomic E-state index is 14.2. The van der Waals surface area contributed by atoms with Gasteiger partial charge in [0, 0.05) is 108 Å². The number of aryl methyl sites for hydroxylation is 2. The molecule has 21 rings (SSSR count). The Kier molecular flexibility index (Phi) is 50.2. The summed E-state index contributed by atoms with van der Waals surface area (Å²) in [7, 11) is 0. The summed E-state index contributed by atoms with van der Waals surface area (Å²) in [4.78, 5) is 108. The Labute approximate surface area is 914 Å². The van der Waals surface area contributed by atoms with E-state index in [9.17, 15) is 56.2 Å². The molecule has 3 amide bonds. The van der Waals surface area contributed by atoms with Gasteiger partial charge in [0.15, 0.2) is 58.5 Å². The second kappa shape index (κ2) is 59.1. The monoisotopic (exact) mass is 2290 g/mol. The minimum atomic E-state index is -3.08. The highest BCUT2D eigenvalue weighted by Crippen LogP contribution is 2.44. The average Bonchev–Trinajstić information content (AvgIpc) is 0.947. The fourth-order valence-electron chi connectivity index (χ4n) is 17.8. The summed E-state index contributed by atoms with van der Waals surface area (Å²) < 4.78 is 99.8. The minimum Gasteiger partial charge on any atom is -0.870 e. The zero-order chi connectivity index (χ0) is 97.7. The summed E-state index contributed by atoms with van der Waals surface area (Å²) in [6.07, 6.45) is 16.1. The molecule has 6 aromatic carbocycles. The summed E-state index contributed by atoms with van der Waals surface area (Å²) in [5.41, 5.74) is 4.54. The molecule has 11 saturated heterocycles. The number of esters is 2. The lowest BCUT2D eigenvalue weighted by Gasteiger charge is -2.44. The van der Waals surface area contributed by atoms with Gasteiger partial charge in [0.05, 0.1) is 25.9 Å². The van der Waals surface area contributed by atoms with E-state index in [2.05, 4.69) is 53.1 Å². The number of aromatic amines is 2. The van der Waals surface area contributed by atoms with Crippen LogP contribution in [-0.2, 0) is 65.5 Å². The van der Waals surface area contributed by atoms with Crippen molar-refractivity contribution in [3.8, 4) is 23.0 Å². The molecule has 788 valence electrons. The van der Waals surface area contributed by atoms with Crippen LogP contribution in [0.5, 0.6) is 23.0 Å². The number of hydrogen-bond donors (Lipinski definition) is 1. The molecule has 27 nitrogen and oxygen atoms in total. The van der Waals surface area contributed by atoms with Gasteiger partial charge in [0.2, 0.25) is 0 Å². The van der Waals surface area contributed by atoms with Crippen LogP contribution in [0.15, 0.2) is 170 Å². The van der Waals surface area contributed by atoms with Crippen LogP contribution in [0.25, 0.3) is 0 Å². The highest BCUT2D eigenvalue weighted by molar-refractivity contribution is 8.01. The summed E-state index contributed by atoms with van der Waals surface area (Å²) >= 11 is 53.3. The summed E-state index contributed by atoms with van der Waals surface area (Å²) in [5.74, 6) is 1.22. The Hall–Kier alpha value is -6.90. The van der Waals surface area contributed by atoms with Crippen LogP contribution in [0.4, 0.5) is 37.6 Å². The molecule has 8 aromatic rings. The number of anilines is 1. The fourth-order valence-corrected chi connectivity index (χ4v) is 21.6. The van der Waals surface area contributed by atoms with E-state index >= 15 is 0 Å². The first-order valence-corrected chi connectivity index (χ1v) is 51.2. The number of alkyl halides is 7. The maximum Gasteiger partial charge on any atom is 0.414 e. The van der Waals surface area contributed by atoms with Gasteiger partial charge in [-0.05, 0) is 269 Å². The average molecular weight is 2300 g/mol. The Morgan fingerprint density at radius 3 is 1.22 bits per heavy atom. The lowest BCUT2D eigenvalue weighted by atomic mass is 9.86. The van der Waals surface area contributed by atoms with Gasteiger partial charge in [0.25, 0.3) is 11.8 Å². The number of thioether (sulfide) groups is 2. The Balaban J connectivity index is 0.000000267. The molecule has 0 unspecified atom stereocenters. The SMILES string of the molecule is O=C(Cl)OC(Cl)(Cl)Cl.O=C(Cl)O[C@H]1CN2CCC1CC2.O=C(O[C@@H](Cc1c(Cl)c[nH+]cc1Cl)c1ccc(OC(F)F)c(OCC2CC2)c1)[C@@H]1SCCN1C(=O)c1cccc(CCc2ccccc2)c1.O=C(O[C@@H](Cc1c(Cl)c[nH+]cc1Cl)c1ccc(OC(F)F)c(OCC2CC2)c1)[C@@H]1SCCN1C(=O)c1cccc(CN(C(=O)O[C@H]2CN3CCC2CC3)c2ccccc2)c1.O[C@H]1CN2CCC1CC2.S.S.S.S.[OH-].[OH-]. The Morgan fingerprint density at radius 1 is 0.458 bits per heavy atom. The number of nitrogens with one attached hydrogen (secondary N) is 2. The van der Waals surface area contributed by atoms with Crippen LogP contribution in [-0.4, -0.2) is 224 Å². The molecule has 13 heterocycles. The second-order valence-electron chi connectivity index (χ2n) is 35.0. The van der Waals surface area contributed by atoms with E-state index in [1.165, 1.54) is 89.1 Å². The number of nitrogens with zero attached hydrogens (tertiary/aromatic N) is 6. The number of H-pyrrole nitrogens is 2. The van der Waals surface area contributed by atoms with Crippen molar-refractivity contribution in [1.29, 1.82) is 0 Å². The van der Waals surface area contributed by atoms with Crippen LogP contribution < -0.4 is 33.8 Å². The second-order valence-corrected chi connectivity index (χ2v) is 41.8. The number of piperidine rings is 9. The van der Waals surface area contributed by atoms with Crippen molar-refractivity contribution in [1.82, 2.24) is 24.5 Å². The zero-order valence-electron chi connectivity index (χ0n) is 77.7. The quantitative estimate of drug-likeness (QED) is 0.0144. The normalized spacial score (nSPS) is 21.5. The number of aliphatic hydroxyl groups is 1. The first kappa shape index (κ1) is 122. The van der Waals surface area contributed by atoms with E-state index in [0.29, 0.717) is 126 Å². The molecule has 13 fully saturated rings. The molecule has 2 aromatic heterocycles. The van der Waals surface area contributed by atoms with E-state index < -0.39 is 69.0 Å². The van der Waals surface area contributed by atoms with E-state index in [0.717, 1.165) is 116 Å². The number of fused-ring (bicyclic) bond motifs is 9. The van der Waals surface area contributed by atoms with Gasteiger partial charge in [-0.2, -0.15) is 71.5 Å². The van der Waals surface area contributed by atoms with Gasteiger partial charge in [0.1, 0.15) is 44.5 Å². The van der Waals surface area contributed by atoms with Crippen molar-refractivity contribution in [2.75, 3.05) is 102 Å². The van der Waals surface area contributed by atoms with Crippen molar-refractivity contribution in [2.24, 2.45) is 29.6 Å². The third-order valence-electron chi connectivity index (χ3n) is 25.5. The topological polar surface area (TPSA) is 331 Å². The van der Waals surface area contributed by atoms with E-state index in [-0.39, 0.29) is 144 Å². The molecule has 0 spiro atoms. The number of aromatic nitrogens is 2. The van der Waals surface area contributed by atoms with Crippen molar-refractivity contribution >= 4 is 228 Å². The van der Waals surface area contributed by atoms with Crippen molar-refractivity contribution in [3.05, 3.63) is 241 Å². The van der Waals surface area contributed by atoms with Gasteiger partial charge in [-0.25, -0.2) is 33.9 Å². The first-order chi connectivity index (χ1) is 66.4. The molecule has 0 radical (unpaired) electrons. The number of para-hydroxylation sites is 1. The first-order valence-electron chi connectivity index (χ1n) is 45.7. The minimum absolute atomic E-state index is 0. The van der Waals surface area contributed by atoms with Crippen LogP contribution in [0.3, 0.4) is 0 Å². The highest BCUT2D eigenvalue weighted by Gasteiger charge is 2.44. The summed E-state index contributed by atoms with van der Waals surface area (Å²) in [6, 6.07) is 42.8. The molecular weight excluding hydrogens is 2180 g/mol. The Morgan fingerprint density at radius 2 is 0.854 bits per heavy atom. The van der Waals surface area contributed by atoms with Crippen LogP contribution in [0, 0.1) is 29.6 Å². The van der Waals surface area contributed by atoms with Gasteiger partial charge in [-0.3, -0.25) is 24.3 Å². The number of aliphatic hydroxyl groups excluding tert-OH is 1. The summed E-state index contributed by atoms with van der Waals surface area (Å²) in [6.45, 7) is 4.71. The lowest BCUT2D eigenvalue weighted by Crippen LogP contribution is -2.53. The molecule has 2 aliphatic carbocycles. The van der Waals surface area contributed by atoms with Gasteiger partial charge >= 0.3 is 46.1 Å². The van der Waals surface area contributed by atoms with Gasteiger partial charge < -0.3 is 73.4 Å². The number of rotatable bonds is 30. The predicted octanol–water partition coefficient (Wildman–Crippen LogP) is 20.8. The van der Waals surface area contributed by atoms with E-state index in [1.807, 2.05) is 72.8 Å². The largest absolute Gasteiger partial charge is 0.870 e. The number of pyridine rings is 2. The highest BCUT2D eigenvalue weighted by atomic mass is 35.6.